The van der Waals surface area contributed by atoms with Gasteiger partial charge in [-0.1, -0.05) is 18.2 Å². The Balaban J connectivity index is 0.00000243. The number of amides is 1. The summed E-state index contributed by atoms with van der Waals surface area (Å²) in [5.74, 6) is -0.136. The maximum absolute atomic E-state index is 12.7. The van der Waals surface area contributed by atoms with E-state index in [1.54, 1.807) is 12.1 Å². The number of anilines is 1. The maximum Gasteiger partial charge on any atom is 0.252 e. The highest BCUT2D eigenvalue weighted by Crippen LogP contribution is 2.26. The van der Waals surface area contributed by atoms with Crippen molar-refractivity contribution in [2.45, 2.75) is 30.7 Å². The van der Waals surface area contributed by atoms with E-state index in [-0.39, 0.29) is 29.3 Å². The molecule has 140 valence electrons. The van der Waals surface area contributed by atoms with Crippen molar-refractivity contribution in [3.05, 3.63) is 59.2 Å². The number of hydrogen-bond acceptors (Lipinski definition) is 4. The lowest BCUT2D eigenvalue weighted by atomic mass is 9.96. The third-order valence-electron chi connectivity index (χ3n) is 4.40. The van der Waals surface area contributed by atoms with Gasteiger partial charge in [-0.25, -0.2) is 13.6 Å². The Bertz CT molecular complexity index is 898. The number of carbonyl (C=O) groups excluding carboxylic acids is 1. The molecule has 0 bridgehead atoms. The number of hydrogen-bond donors (Lipinski definition) is 3. The molecule has 0 spiro atoms. The molecule has 3 rings (SSSR count). The first kappa shape index (κ1) is 20.2. The van der Waals surface area contributed by atoms with E-state index in [1.807, 2.05) is 25.1 Å². The Morgan fingerprint density at radius 3 is 2.54 bits per heavy atom. The van der Waals surface area contributed by atoms with Gasteiger partial charge in [0, 0.05) is 17.8 Å². The molecule has 4 N–H and O–H groups in total. The molecule has 1 atom stereocenters. The Morgan fingerprint density at radius 2 is 1.88 bits per heavy atom. The topological polar surface area (TPSA) is 101 Å². The lowest BCUT2D eigenvalue weighted by Gasteiger charge is -2.22. The number of halogens is 1. The third-order valence-corrected chi connectivity index (χ3v) is 5.33. The Hall–Kier alpha value is -2.09. The molecule has 6 nitrogen and oxygen atoms in total. The molecule has 0 saturated carbocycles. The average molecular weight is 396 g/mol. The summed E-state index contributed by atoms with van der Waals surface area (Å²) in [6.07, 6.45) is 1.88. The minimum Gasteiger partial charge on any atom is -0.385 e. The van der Waals surface area contributed by atoms with Crippen LogP contribution in [0.3, 0.4) is 0 Å². The van der Waals surface area contributed by atoms with Crippen LogP contribution >= 0.6 is 12.4 Å². The summed E-state index contributed by atoms with van der Waals surface area (Å²) in [7, 11) is -3.72. The minimum absolute atomic E-state index is 0. The third kappa shape index (κ3) is 4.35. The van der Waals surface area contributed by atoms with Crippen molar-refractivity contribution in [2.75, 3.05) is 11.9 Å². The van der Waals surface area contributed by atoms with E-state index in [2.05, 4.69) is 10.6 Å². The number of carbonyl (C=O) groups is 1. The van der Waals surface area contributed by atoms with Crippen LogP contribution in [0.2, 0.25) is 0 Å². The number of primary sulfonamides is 1. The van der Waals surface area contributed by atoms with Gasteiger partial charge in [-0.2, -0.15) is 0 Å². The first-order valence-electron chi connectivity index (χ1n) is 8.15. The Kier molecular flexibility index (Phi) is 6.28. The van der Waals surface area contributed by atoms with Gasteiger partial charge >= 0.3 is 0 Å². The summed E-state index contributed by atoms with van der Waals surface area (Å²) >= 11 is 0. The lowest BCUT2D eigenvalue weighted by molar-refractivity contribution is 0.0939. The van der Waals surface area contributed by atoms with Gasteiger partial charge in [0.15, 0.2) is 0 Å². The molecule has 2 aromatic rings. The fourth-order valence-electron chi connectivity index (χ4n) is 3.03. The fourth-order valence-corrected chi connectivity index (χ4v) is 3.54. The number of rotatable bonds is 4. The van der Waals surface area contributed by atoms with Crippen molar-refractivity contribution in [1.82, 2.24) is 5.32 Å². The summed E-state index contributed by atoms with van der Waals surface area (Å²) in [6, 6.07) is 11.6. The van der Waals surface area contributed by atoms with E-state index in [9.17, 15) is 13.2 Å². The van der Waals surface area contributed by atoms with E-state index >= 15 is 0 Å². The van der Waals surface area contributed by atoms with E-state index in [0.29, 0.717) is 5.56 Å². The van der Waals surface area contributed by atoms with Crippen LogP contribution in [0.5, 0.6) is 0 Å². The number of fused-ring (bicyclic) bond motifs is 1. The zero-order valence-electron chi connectivity index (χ0n) is 14.4. The summed E-state index contributed by atoms with van der Waals surface area (Å²) < 4.78 is 22.6. The van der Waals surface area contributed by atoms with Gasteiger partial charge in [0.1, 0.15) is 0 Å². The fraction of sp³-hybridized carbons (Fsp3) is 0.278. The molecule has 8 heteroatoms. The smallest absolute Gasteiger partial charge is 0.252 e. The van der Waals surface area contributed by atoms with Crippen LogP contribution < -0.4 is 15.8 Å². The van der Waals surface area contributed by atoms with Crippen molar-refractivity contribution >= 4 is 34.0 Å². The molecule has 0 radical (unpaired) electrons. The number of nitrogens with one attached hydrogen (secondary N) is 2. The number of sulfonamides is 1. The molecule has 1 aliphatic rings. The van der Waals surface area contributed by atoms with Crippen molar-refractivity contribution in [1.29, 1.82) is 0 Å². The maximum atomic E-state index is 12.7. The predicted molar refractivity (Wildman–Crippen MR) is 104 cm³/mol. The molecule has 1 aliphatic heterocycles. The van der Waals surface area contributed by atoms with E-state index < -0.39 is 10.0 Å². The molecule has 0 saturated heterocycles. The first-order valence-corrected chi connectivity index (χ1v) is 9.70. The molecule has 1 unspecified atom stereocenters. The van der Waals surface area contributed by atoms with Gasteiger partial charge in [-0.15, -0.1) is 12.4 Å². The van der Waals surface area contributed by atoms with E-state index in [0.717, 1.165) is 36.2 Å². The highest BCUT2D eigenvalue weighted by molar-refractivity contribution is 7.89. The SMILES string of the molecule is CC(NC(=O)c1cccc2c1CCCN2)c1ccc(S(N)(=O)=O)cc1.Cl. The summed E-state index contributed by atoms with van der Waals surface area (Å²) in [5.41, 5.74) is 3.55. The molecular weight excluding hydrogens is 374 g/mol. The van der Waals surface area contributed by atoms with Crippen molar-refractivity contribution < 1.29 is 13.2 Å². The van der Waals surface area contributed by atoms with Crippen LogP contribution in [0, 0.1) is 0 Å². The van der Waals surface area contributed by atoms with Crippen LogP contribution in [0.15, 0.2) is 47.4 Å². The zero-order chi connectivity index (χ0) is 18.0. The second-order valence-corrected chi connectivity index (χ2v) is 7.73. The van der Waals surface area contributed by atoms with Gasteiger partial charge in [0.25, 0.3) is 5.91 Å². The van der Waals surface area contributed by atoms with Crippen molar-refractivity contribution in [3.63, 3.8) is 0 Å². The van der Waals surface area contributed by atoms with E-state index in [1.165, 1.54) is 12.1 Å². The summed E-state index contributed by atoms with van der Waals surface area (Å²) in [6.45, 7) is 2.78. The highest BCUT2D eigenvalue weighted by atomic mass is 35.5. The summed E-state index contributed by atoms with van der Waals surface area (Å²) in [5, 5.41) is 11.4. The van der Waals surface area contributed by atoms with Crippen LogP contribution in [-0.2, 0) is 16.4 Å². The number of nitrogens with two attached hydrogens (primary N) is 1. The molecular formula is C18H22ClN3O3S. The Morgan fingerprint density at radius 1 is 1.19 bits per heavy atom. The second kappa shape index (κ2) is 8.07. The van der Waals surface area contributed by atoms with Gasteiger partial charge in [-0.3, -0.25) is 4.79 Å². The quantitative estimate of drug-likeness (QED) is 0.740. The highest BCUT2D eigenvalue weighted by Gasteiger charge is 2.19. The zero-order valence-corrected chi connectivity index (χ0v) is 16.0. The largest absolute Gasteiger partial charge is 0.385 e. The molecule has 0 aromatic heterocycles. The Labute approximate surface area is 159 Å². The molecule has 26 heavy (non-hydrogen) atoms. The molecule has 1 heterocycles. The average Bonchev–Trinajstić information content (AvgIpc) is 2.60. The minimum atomic E-state index is -3.72. The molecule has 2 aromatic carbocycles. The van der Waals surface area contributed by atoms with Crippen molar-refractivity contribution in [2.24, 2.45) is 5.14 Å². The molecule has 0 aliphatic carbocycles. The van der Waals surface area contributed by atoms with E-state index in [4.69, 9.17) is 5.14 Å². The standard InChI is InChI=1S/C18H21N3O3S.ClH/c1-12(13-7-9-14(10-8-13)25(19,23)24)21-18(22)16-4-2-6-17-15(16)5-3-11-20-17;/h2,4,6-10,12,20H,3,5,11H2,1H3,(H,21,22)(H2,19,23,24);1H. The summed E-state index contributed by atoms with van der Waals surface area (Å²) in [4.78, 5) is 12.7. The van der Waals surface area contributed by atoms with Gasteiger partial charge in [0.2, 0.25) is 10.0 Å². The van der Waals surface area contributed by atoms with Crippen LogP contribution in [0.4, 0.5) is 5.69 Å². The molecule has 0 fully saturated rings. The molecule has 1 amide bonds. The monoisotopic (exact) mass is 395 g/mol. The predicted octanol–water partition coefficient (Wildman–Crippen LogP) is 2.60. The first-order chi connectivity index (χ1) is 11.9. The van der Waals surface area contributed by atoms with Gasteiger partial charge < -0.3 is 10.6 Å². The van der Waals surface area contributed by atoms with Crippen LogP contribution in [-0.4, -0.2) is 20.9 Å². The second-order valence-electron chi connectivity index (χ2n) is 6.17. The van der Waals surface area contributed by atoms with Gasteiger partial charge in [-0.05, 0) is 55.2 Å². The number of benzene rings is 2. The van der Waals surface area contributed by atoms with Crippen LogP contribution in [0.1, 0.15) is 40.9 Å². The lowest BCUT2D eigenvalue weighted by Crippen LogP contribution is -2.28. The van der Waals surface area contributed by atoms with Gasteiger partial charge in [0.05, 0.1) is 10.9 Å². The van der Waals surface area contributed by atoms with Crippen LogP contribution in [0.25, 0.3) is 0 Å². The van der Waals surface area contributed by atoms with Crippen molar-refractivity contribution in [3.8, 4) is 0 Å². The normalized spacial score (nSPS) is 14.4.